The van der Waals surface area contributed by atoms with Gasteiger partial charge in [-0.3, -0.25) is 4.79 Å². The van der Waals surface area contributed by atoms with Crippen LogP contribution in [-0.4, -0.2) is 19.1 Å². The average Bonchev–Trinajstić information content (AvgIpc) is 2.75. The summed E-state index contributed by atoms with van der Waals surface area (Å²) in [5, 5.41) is 0. The van der Waals surface area contributed by atoms with Crippen LogP contribution in [0.15, 0.2) is 0 Å². The maximum atomic E-state index is 11.4. The molecule has 1 rings (SSSR count). The van der Waals surface area contributed by atoms with Crippen LogP contribution in [0.3, 0.4) is 0 Å². The van der Waals surface area contributed by atoms with E-state index in [9.17, 15) is 4.79 Å². The van der Waals surface area contributed by atoms with Crippen molar-refractivity contribution in [3.8, 4) is 0 Å². The molecule has 0 aromatic carbocycles. The molecule has 1 atom stereocenters. The van der Waals surface area contributed by atoms with Crippen molar-refractivity contribution in [2.75, 3.05) is 13.2 Å². The molecule has 0 aliphatic heterocycles. The van der Waals surface area contributed by atoms with Crippen LogP contribution < -0.4 is 5.73 Å². The molecule has 0 bridgehead atoms. The van der Waals surface area contributed by atoms with Gasteiger partial charge in [0.2, 0.25) is 0 Å². The largest absolute Gasteiger partial charge is 0.465 e. The second kappa shape index (κ2) is 6.83. The van der Waals surface area contributed by atoms with Crippen LogP contribution in [0.2, 0.25) is 0 Å². The van der Waals surface area contributed by atoms with E-state index in [4.69, 9.17) is 10.5 Å². The summed E-state index contributed by atoms with van der Waals surface area (Å²) in [6, 6.07) is 0. The first-order valence-electron chi connectivity index (χ1n) is 6.08. The maximum Gasteiger partial charge on any atom is 0.305 e. The molecule has 0 spiro atoms. The van der Waals surface area contributed by atoms with Crippen molar-refractivity contribution in [3.63, 3.8) is 0 Å². The number of hydrogen-bond acceptors (Lipinski definition) is 3. The third-order valence-corrected chi connectivity index (χ3v) is 3.20. The molecule has 0 heterocycles. The van der Waals surface area contributed by atoms with Gasteiger partial charge in [-0.2, -0.15) is 0 Å². The van der Waals surface area contributed by atoms with E-state index in [0.29, 0.717) is 31.4 Å². The highest BCUT2D eigenvalue weighted by Crippen LogP contribution is 2.24. The quantitative estimate of drug-likeness (QED) is 0.687. The standard InChI is InChI=1S/C12H23NO2/c1-10(8-13)6-7-12(14)15-9-11-4-2-3-5-11/h10-11H,2-9,13H2,1H3. The van der Waals surface area contributed by atoms with E-state index in [1.165, 1.54) is 25.7 Å². The molecule has 1 unspecified atom stereocenters. The summed E-state index contributed by atoms with van der Waals surface area (Å²) in [7, 11) is 0. The molecule has 0 saturated heterocycles. The number of ether oxygens (including phenoxy) is 1. The first-order valence-corrected chi connectivity index (χ1v) is 6.08. The van der Waals surface area contributed by atoms with Crippen LogP contribution in [0, 0.1) is 11.8 Å². The highest BCUT2D eigenvalue weighted by atomic mass is 16.5. The summed E-state index contributed by atoms with van der Waals surface area (Å²) in [6.45, 7) is 3.34. The third kappa shape index (κ3) is 5.17. The number of hydrogen-bond donors (Lipinski definition) is 1. The Morgan fingerprint density at radius 3 is 2.73 bits per heavy atom. The summed E-state index contributed by atoms with van der Waals surface area (Å²) in [4.78, 5) is 11.4. The molecule has 1 fully saturated rings. The number of esters is 1. The van der Waals surface area contributed by atoms with Gasteiger partial charge in [-0.15, -0.1) is 0 Å². The van der Waals surface area contributed by atoms with Gasteiger partial charge in [0.05, 0.1) is 6.61 Å². The predicted molar refractivity (Wildman–Crippen MR) is 60.4 cm³/mol. The minimum atomic E-state index is -0.0535. The molecular formula is C12H23NO2. The van der Waals surface area contributed by atoms with E-state index in [2.05, 4.69) is 6.92 Å². The molecule has 1 aliphatic rings. The Balaban J connectivity index is 2.02. The lowest BCUT2D eigenvalue weighted by molar-refractivity contribution is -0.145. The molecular weight excluding hydrogens is 190 g/mol. The Bertz CT molecular complexity index is 188. The minimum Gasteiger partial charge on any atom is -0.465 e. The molecule has 3 nitrogen and oxygen atoms in total. The van der Waals surface area contributed by atoms with E-state index < -0.39 is 0 Å². The topological polar surface area (TPSA) is 52.3 Å². The second-order valence-corrected chi connectivity index (χ2v) is 4.71. The highest BCUT2D eigenvalue weighted by molar-refractivity contribution is 5.69. The number of nitrogens with two attached hydrogens (primary N) is 1. The van der Waals surface area contributed by atoms with Gasteiger partial charge in [0.25, 0.3) is 0 Å². The predicted octanol–water partition coefficient (Wildman–Crippen LogP) is 2.09. The van der Waals surface area contributed by atoms with Crippen molar-refractivity contribution >= 4 is 5.97 Å². The van der Waals surface area contributed by atoms with Gasteiger partial charge in [0.1, 0.15) is 0 Å². The summed E-state index contributed by atoms with van der Waals surface area (Å²) in [6.07, 6.45) is 6.42. The molecule has 15 heavy (non-hydrogen) atoms. The van der Waals surface area contributed by atoms with Crippen LogP contribution in [0.5, 0.6) is 0 Å². The van der Waals surface area contributed by atoms with Gasteiger partial charge in [-0.05, 0) is 37.6 Å². The van der Waals surface area contributed by atoms with Crippen LogP contribution in [0.1, 0.15) is 45.4 Å². The average molecular weight is 213 g/mol. The zero-order valence-corrected chi connectivity index (χ0v) is 9.71. The molecule has 1 aliphatic carbocycles. The molecule has 0 aromatic heterocycles. The molecule has 1 saturated carbocycles. The van der Waals surface area contributed by atoms with E-state index in [-0.39, 0.29) is 5.97 Å². The van der Waals surface area contributed by atoms with Gasteiger partial charge >= 0.3 is 5.97 Å². The van der Waals surface area contributed by atoms with Gasteiger partial charge in [-0.25, -0.2) is 0 Å². The first kappa shape index (κ1) is 12.5. The first-order chi connectivity index (χ1) is 7.22. The molecule has 0 aromatic rings. The van der Waals surface area contributed by atoms with E-state index in [0.717, 1.165) is 6.42 Å². The summed E-state index contributed by atoms with van der Waals surface area (Å²) in [5.74, 6) is 0.993. The van der Waals surface area contributed by atoms with Gasteiger partial charge in [0, 0.05) is 6.42 Å². The Morgan fingerprint density at radius 1 is 1.47 bits per heavy atom. The normalized spacial score (nSPS) is 19.1. The molecule has 88 valence electrons. The monoisotopic (exact) mass is 213 g/mol. The van der Waals surface area contributed by atoms with Crippen LogP contribution in [0.4, 0.5) is 0 Å². The van der Waals surface area contributed by atoms with Crippen LogP contribution >= 0.6 is 0 Å². The fourth-order valence-corrected chi connectivity index (χ4v) is 1.94. The Labute approximate surface area is 92.4 Å². The molecule has 0 radical (unpaired) electrons. The van der Waals surface area contributed by atoms with Gasteiger partial charge < -0.3 is 10.5 Å². The molecule has 3 heteroatoms. The zero-order chi connectivity index (χ0) is 11.1. The number of carbonyl (C=O) groups is 1. The third-order valence-electron chi connectivity index (χ3n) is 3.20. The van der Waals surface area contributed by atoms with Crippen molar-refractivity contribution in [1.82, 2.24) is 0 Å². The second-order valence-electron chi connectivity index (χ2n) is 4.71. The number of rotatable bonds is 6. The Hall–Kier alpha value is -0.570. The van der Waals surface area contributed by atoms with E-state index in [1.54, 1.807) is 0 Å². The summed E-state index contributed by atoms with van der Waals surface area (Å²) >= 11 is 0. The van der Waals surface area contributed by atoms with Gasteiger partial charge in [-0.1, -0.05) is 19.8 Å². The van der Waals surface area contributed by atoms with Crippen molar-refractivity contribution in [1.29, 1.82) is 0 Å². The summed E-state index contributed by atoms with van der Waals surface area (Å²) in [5.41, 5.74) is 5.48. The maximum absolute atomic E-state index is 11.4. The van der Waals surface area contributed by atoms with E-state index in [1.807, 2.05) is 0 Å². The zero-order valence-electron chi connectivity index (χ0n) is 9.71. The van der Waals surface area contributed by atoms with Gasteiger partial charge in [0.15, 0.2) is 0 Å². The lowest BCUT2D eigenvalue weighted by Gasteiger charge is -2.11. The highest BCUT2D eigenvalue weighted by Gasteiger charge is 2.16. The molecule has 2 N–H and O–H groups in total. The van der Waals surface area contributed by atoms with Crippen molar-refractivity contribution < 1.29 is 9.53 Å². The lowest BCUT2D eigenvalue weighted by Crippen LogP contribution is -2.15. The fraction of sp³-hybridized carbons (Fsp3) is 0.917. The minimum absolute atomic E-state index is 0.0535. The Morgan fingerprint density at radius 2 is 2.13 bits per heavy atom. The summed E-state index contributed by atoms with van der Waals surface area (Å²) < 4.78 is 5.24. The van der Waals surface area contributed by atoms with Crippen molar-refractivity contribution in [3.05, 3.63) is 0 Å². The molecule has 0 amide bonds. The smallest absolute Gasteiger partial charge is 0.305 e. The lowest BCUT2D eigenvalue weighted by atomic mass is 10.1. The van der Waals surface area contributed by atoms with Crippen molar-refractivity contribution in [2.24, 2.45) is 17.6 Å². The van der Waals surface area contributed by atoms with E-state index >= 15 is 0 Å². The Kier molecular flexibility index (Phi) is 5.69. The number of carbonyl (C=O) groups excluding carboxylic acids is 1. The van der Waals surface area contributed by atoms with Crippen LogP contribution in [0.25, 0.3) is 0 Å². The van der Waals surface area contributed by atoms with Crippen LogP contribution in [-0.2, 0) is 9.53 Å². The SMILES string of the molecule is CC(CN)CCC(=O)OCC1CCCC1. The van der Waals surface area contributed by atoms with Crippen molar-refractivity contribution in [2.45, 2.75) is 45.4 Å². The fourth-order valence-electron chi connectivity index (χ4n) is 1.94.